The first kappa shape index (κ1) is 26.3. The van der Waals surface area contributed by atoms with Crippen LogP contribution in [-0.4, -0.2) is 87.6 Å². The number of carbonyl (C=O) groups excluding carboxylic acids is 1. The number of nitrogens with zero attached hydrogens (tertiary/aromatic N) is 6. The van der Waals surface area contributed by atoms with E-state index >= 15 is 0 Å². The van der Waals surface area contributed by atoms with E-state index in [2.05, 4.69) is 15.1 Å². The first-order valence-electron chi connectivity index (χ1n) is 12.8. The summed E-state index contributed by atoms with van der Waals surface area (Å²) in [5.74, 6) is -0.984. The van der Waals surface area contributed by atoms with Crippen LogP contribution in [0.1, 0.15) is 43.0 Å². The van der Waals surface area contributed by atoms with Crippen LogP contribution in [0.5, 0.6) is 0 Å². The fraction of sp³-hybridized carbons (Fsp3) is 0.440. The van der Waals surface area contributed by atoms with Gasteiger partial charge >= 0.3 is 0 Å². The van der Waals surface area contributed by atoms with Crippen LogP contribution in [0.4, 0.5) is 5.82 Å². The van der Waals surface area contributed by atoms with Crippen LogP contribution >= 0.6 is 0 Å². The summed E-state index contributed by atoms with van der Waals surface area (Å²) in [6, 6.07) is 3.16. The maximum Gasteiger partial charge on any atom is 0.289 e. The molecule has 2 unspecified atom stereocenters. The van der Waals surface area contributed by atoms with Gasteiger partial charge in [-0.3, -0.25) is 15.2 Å². The summed E-state index contributed by atoms with van der Waals surface area (Å²) < 4.78 is 32.4. The molecule has 1 amide bonds. The van der Waals surface area contributed by atoms with E-state index in [1.165, 1.54) is 4.52 Å². The average Bonchev–Trinajstić information content (AvgIpc) is 3.44. The maximum absolute atomic E-state index is 13.0. The Balaban J connectivity index is 1.41. The van der Waals surface area contributed by atoms with Crippen molar-refractivity contribution in [2.24, 2.45) is 10.7 Å². The molecule has 0 saturated carbocycles. The molecule has 3 aliphatic rings. The molecule has 15 heteroatoms. The van der Waals surface area contributed by atoms with E-state index < -0.39 is 21.3 Å². The van der Waals surface area contributed by atoms with Gasteiger partial charge in [-0.2, -0.15) is 9.61 Å². The van der Waals surface area contributed by atoms with Crippen molar-refractivity contribution in [1.82, 2.24) is 24.5 Å². The standard InChI is InChI=1S/C25H29N9O5S/c1-40(37,38)20-19(14-6-15-3-4-16(7-14)33(15)24(35)21(27)30-12-26)32-23-17(9-31-34(23)22(20)28)13-2-5-18(29-8-13)25(36)10-39-11-25/h2,5,8-9,12,14-16,36H,3-4,6-7,10-11,28H2,1H3,(H3,26,27,30). The Morgan fingerprint density at radius 2 is 1.95 bits per heavy atom. The van der Waals surface area contributed by atoms with Crippen molar-refractivity contribution in [2.75, 3.05) is 25.2 Å². The number of amides is 1. The molecule has 0 aliphatic carbocycles. The van der Waals surface area contributed by atoms with E-state index in [1.54, 1.807) is 29.4 Å². The lowest BCUT2D eigenvalue weighted by Gasteiger charge is -2.39. The van der Waals surface area contributed by atoms with Crippen molar-refractivity contribution in [3.05, 3.63) is 35.9 Å². The monoisotopic (exact) mass is 567 g/mol. The van der Waals surface area contributed by atoms with Gasteiger partial charge in [-0.05, 0) is 31.7 Å². The van der Waals surface area contributed by atoms with Gasteiger partial charge in [0.1, 0.15) is 17.1 Å². The van der Waals surface area contributed by atoms with Gasteiger partial charge in [-0.1, -0.05) is 6.07 Å². The summed E-state index contributed by atoms with van der Waals surface area (Å²) in [5, 5.41) is 22.0. The fourth-order valence-electron chi connectivity index (χ4n) is 6.14. The number of hydrogen-bond acceptors (Lipinski definition) is 10. The van der Waals surface area contributed by atoms with Crippen molar-refractivity contribution in [3.63, 3.8) is 0 Å². The molecule has 14 nitrogen and oxygen atoms in total. The third-order valence-corrected chi connectivity index (χ3v) is 9.20. The smallest absolute Gasteiger partial charge is 0.289 e. The van der Waals surface area contributed by atoms with Crippen molar-refractivity contribution < 1.29 is 23.1 Å². The molecule has 0 aromatic carbocycles. The van der Waals surface area contributed by atoms with Gasteiger partial charge in [-0.25, -0.2) is 18.4 Å². The van der Waals surface area contributed by atoms with E-state index in [-0.39, 0.29) is 47.8 Å². The van der Waals surface area contributed by atoms with Crippen LogP contribution in [0.25, 0.3) is 16.8 Å². The molecule has 40 heavy (non-hydrogen) atoms. The van der Waals surface area contributed by atoms with Gasteiger partial charge < -0.3 is 26.2 Å². The largest absolute Gasteiger partial charge is 0.382 e. The molecular weight excluding hydrogens is 538 g/mol. The van der Waals surface area contributed by atoms with E-state index in [1.807, 2.05) is 0 Å². The van der Waals surface area contributed by atoms with Crippen molar-refractivity contribution in [2.45, 2.75) is 54.2 Å². The predicted octanol–water partition coefficient (Wildman–Crippen LogP) is 0.196. The number of aliphatic imine (C=N–C) groups is 1. The summed E-state index contributed by atoms with van der Waals surface area (Å²) in [7, 11) is -3.79. The van der Waals surface area contributed by atoms with Crippen LogP contribution in [0.15, 0.2) is 34.4 Å². The molecule has 6 rings (SSSR count). The Kier molecular flexibility index (Phi) is 6.12. The predicted molar refractivity (Wildman–Crippen MR) is 144 cm³/mol. The lowest BCUT2D eigenvalue weighted by atomic mass is 9.87. The minimum Gasteiger partial charge on any atom is -0.382 e. The average molecular weight is 568 g/mol. The zero-order valence-electron chi connectivity index (χ0n) is 21.7. The van der Waals surface area contributed by atoms with Crippen LogP contribution in [-0.2, 0) is 25.0 Å². The van der Waals surface area contributed by atoms with Gasteiger partial charge in [0.2, 0.25) is 0 Å². The highest BCUT2D eigenvalue weighted by Gasteiger charge is 2.46. The van der Waals surface area contributed by atoms with Crippen molar-refractivity contribution in [3.8, 4) is 11.1 Å². The van der Waals surface area contributed by atoms with Gasteiger partial charge in [0, 0.05) is 41.6 Å². The highest BCUT2D eigenvalue weighted by Crippen LogP contribution is 2.45. The molecule has 6 N–H and O–H groups in total. The fourth-order valence-corrected chi connectivity index (χ4v) is 7.20. The number of anilines is 1. The number of fused-ring (bicyclic) bond motifs is 3. The number of hydrogen-bond donors (Lipinski definition) is 4. The van der Waals surface area contributed by atoms with Crippen LogP contribution < -0.4 is 11.5 Å². The number of pyridine rings is 1. The van der Waals surface area contributed by atoms with E-state index in [0.717, 1.165) is 25.4 Å². The van der Waals surface area contributed by atoms with Crippen molar-refractivity contribution in [1.29, 1.82) is 5.41 Å². The Bertz CT molecular complexity index is 1650. The summed E-state index contributed by atoms with van der Waals surface area (Å²) in [6.07, 6.45) is 7.43. The molecule has 0 radical (unpaired) electrons. The third kappa shape index (κ3) is 4.12. The summed E-state index contributed by atoms with van der Waals surface area (Å²) in [4.78, 5) is 27.5. The van der Waals surface area contributed by atoms with E-state index in [4.69, 9.17) is 26.6 Å². The van der Waals surface area contributed by atoms with Crippen LogP contribution in [0.3, 0.4) is 0 Å². The number of nitrogens with two attached hydrogens (primary N) is 2. The Morgan fingerprint density at radius 3 is 2.50 bits per heavy atom. The molecule has 2 atom stereocenters. The van der Waals surface area contributed by atoms with Gasteiger partial charge in [0.25, 0.3) is 5.91 Å². The summed E-state index contributed by atoms with van der Waals surface area (Å²) in [5.41, 5.74) is 13.6. The highest BCUT2D eigenvalue weighted by atomic mass is 32.2. The molecule has 6 heterocycles. The van der Waals surface area contributed by atoms with Crippen LogP contribution in [0, 0.1) is 5.41 Å². The number of aliphatic hydroxyl groups is 1. The van der Waals surface area contributed by atoms with Gasteiger partial charge in [0.15, 0.2) is 26.9 Å². The number of piperidine rings is 1. The summed E-state index contributed by atoms with van der Waals surface area (Å²) >= 11 is 0. The van der Waals surface area contributed by atoms with E-state index in [0.29, 0.717) is 41.0 Å². The number of rotatable bonds is 5. The van der Waals surface area contributed by atoms with Gasteiger partial charge in [-0.15, -0.1) is 0 Å². The minimum absolute atomic E-state index is 0.0347. The Morgan fingerprint density at radius 1 is 1.25 bits per heavy atom. The topological polar surface area (TPSA) is 215 Å². The Hall–Kier alpha value is -3.95. The number of amidine groups is 1. The molecular formula is C25H29N9O5S. The number of nitrogen functional groups attached to an aromatic ring is 1. The Labute approximate surface area is 229 Å². The molecule has 0 spiro atoms. The summed E-state index contributed by atoms with van der Waals surface area (Å²) in [6.45, 7) is 0.362. The van der Waals surface area contributed by atoms with Crippen LogP contribution in [0.2, 0.25) is 0 Å². The number of aromatic nitrogens is 4. The lowest BCUT2D eigenvalue weighted by Crippen LogP contribution is -2.50. The molecule has 3 saturated heterocycles. The molecule has 3 aromatic heterocycles. The normalized spacial score (nSPS) is 24.2. The second-order valence-corrected chi connectivity index (χ2v) is 12.6. The quantitative estimate of drug-likeness (QED) is 0.242. The zero-order valence-corrected chi connectivity index (χ0v) is 22.5. The maximum atomic E-state index is 13.0. The molecule has 3 fully saturated rings. The SMILES string of the molecule is CS(=O)(=O)c1c(C2CC3CCC(C2)N3C(=O)C(N)=NC=N)nc2c(-c3ccc(C4(O)COC4)nc3)cnn2c1N. The van der Waals surface area contributed by atoms with E-state index in [9.17, 15) is 18.3 Å². The zero-order chi connectivity index (χ0) is 28.4. The molecule has 2 bridgehead atoms. The lowest BCUT2D eigenvalue weighted by molar-refractivity contribution is -0.186. The number of sulfone groups is 1. The number of ether oxygens (including phenoxy) is 1. The highest BCUT2D eigenvalue weighted by molar-refractivity contribution is 7.91. The third-order valence-electron chi connectivity index (χ3n) is 8.04. The minimum atomic E-state index is -3.79. The van der Waals surface area contributed by atoms with Gasteiger partial charge in [0.05, 0.1) is 30.8 Å². The first-order chi connectivity index (χ1) is 19.0. The van der Waals surface area contributed by atoms with Crippen molar-refractivity contribution >= 4 is 39.4 Å². The number of carbonyl (C=O) groups is 1. The second kappa shape index (κ2) is 9.31. The molecule has 3 aliphatic heterocycles. The second-order valence-electron chi connectivity index (χ2n) is 10.6. The first-order valence-corrected chi connectivity index (χ1v) is 14.7. The molecule has 3 aromatic rings. The molecule has 210 valence electrons. The number of nitrogens with one attached hydrogen (secondary N) is 1.